The zero-order valence-electron chi connectivity index (χ0n) is 12.6. The van der Waals surface area contributed by atoms with Gasteiger partial charge in [-0.2, -0.15) is 0 Å². The van der Waals surface area contributed by atoms with E-state index in [1.807, 2.05) is 42.5 Å². The fourth-order valence-electron chi connectivity index (χ4n) is 4.91. The van der Waals surface area contributed by atoms with Crippen molar-refractivity contribution in [3.63, 3.8) is 0 Å². The summed E-state index contributed by atoms with van der Waals surface area (Å²) < 4.78 is 5.42. The fourth-order valence-corrected chi connectivity index (χ4v) is 4.91. The third-order valence-electron chi connectivity index (χ3n) is 5.83. The van der Waals surface area contributed by atoms with Crippen LogP contribution in [-0.4, -0.2) is 18.0 Å². The van der Waals surface area contributed by atoms with Crippen molar-refractivity contribution in [2.45, 2.75) is 18.9 Å². The number of hydrogen-bond donors (Lipinski definition) is 1. The highest BCUT2D eigenvalue weighted by Crippen LogP contribution is 2.57. The van der Waals surface area contributed by atoms with Crippen LogP contribution < -0.4 is 5.32 Å². The normalized spacial score (nSPS) is 33.9. The molecule has 1 N–H and O–H groups in total. The van der Waals surface area contributed by atoms with E-state index in [0.717, 1.165) is 29.3 Å². The summed E-state index contributed by atoms with van der Waals surface area (Å²) in [7, 11) is 0. The maximum absolute atomic E-state index is 12.9. The molecule has 1 aliphatic heterocycles. The van der Waals surface area contributed by atoms with Gasteiger partial charge >= 0.3 is 5.97 Å². The highest BCUT2D eigenvalue weighted by Gasteiger charge is 2.63. The van der Waals surface area contributed by atoms with Gasteiger partial charge in [-0.15, -0.1) is 0 Å². The van der Waals surface area contributed by atoms with Crippen LogP contribution in [0.2, 0.25) is 0 Å². The number of esters is 1. The minimum Gasteiger partial charge on any atom is -0.462 e. The zero-order chi connectivity index (χ0) is 15.6. The molecule has 2 aromatic carbocycles. The maximum atomic E-state index is 12.9. The van der Waals surface area contributed by atoms with Crippen LogP contribution in [0.4, 0.5) is 5.69 Å². The average Bonchev–Trinajstić information content (AvgIpc) is 3.17. The Morgan fingerprint density at radius 1 is 1.09 bits per heavy atom. The van der Waals surface area contributed by atoms with E-state index in [1.165, 1.54) is 0 Å². The topological polar surface area (TPSA) is 55.4 Å². The lowest BCUT2D eigenvalue weighted by atomic mass is 9.79. The summed E-state index contributed by atoms with van der Waals surface area (Å²) in [5.41, 5.74) is 0.818. The molecule has 2 bridgehead atoms. The van der Waals surface area contributed by atoms with E-state index in [-0.39, 0.29) is 41.7 Å². The molecular formula is C19H17NO3. The number of anilines is 1. The van der Waals surface area contributed by atoms with Crippen molar-refractivity contribution >= 4 is 28.3 Å². The van der Waals surface area contributed by atoms with E-state index in [4.69, 9.17) is 4.74 Å². The Morgan fingerprint density at radius 2 is 1.91 bits per heavy atom. The monoisotopic (exact) mass is 307 g/mol. The van der Waals surface area contributed by atoms with Crippen molar-refractivity contribution in [3.05, 3.63) is 42.5 Å². The minimum absolute atomic E-state index is 0.0313. The Balaban J connectivity index is 1.47. The largest absolute Gasteiger partial charge is 0.462 e. The van der Waals surface area contributed by atoms with Gasteiger partial charge in [0.1, 0.15) is 6.10 Å². The van der Waals surface area contributed by atoms with Crippen molar-refractivity contribution in [2.75, 3.05) is 5.32 Å². The smallest absolute Gasteiger partial charge is 0.310 e. The van der Waals surface area contributed by atoms with E-state index in [0.29, 0.717) is 0 Å². The van der Waals surface area contributed by atoms with Gasteiger partial charge in [0, 0.05) is 17.0 Å². The lowest BCUT2D eigenvalue weighted by Gasteiger charge is -2.23. The number of ether oxygens (including phenoxy) is 1. The summed E-state index contributed by atoms with van der Waals surface area (Å²) in [6.07, 6.45) is 1.87. The van der Waals surface area contributed by atoms with Crippen LogP contribution in [0.15, 0.2) is 42.5 Å². The first-order valence-electron chi connectivity index (χ1n) is 8.21. The summed E-state index contributed by atoms with van der Waals surface area (Å²) in [5.74, 6) is -0.111. The van der Waals surface area contributed by atoms with Crippen molar-refractivity contribution in [3.8, 4) is 0 Å². The lowest BCUT2D eigenvalue weighted by molar-refractivity contribution is -0.145. The number of rotatable bonds is 2. The number of carbonyl (C=O) groups excluding carboxylic acids is 2. The van der Waals surface area contributed by atoms with Crippen LogP contribution in [-0.2, 0) is 14.3 Å². The number of hydrogen-bond acceptors (Lipinski definition) is 3. The van der Waals surface area contributed by atoms with Gasteiger partial charge in [-0.25, -0.2) is 0 Å². The van der Waals surface area contributed by atoms with Gasteiger partial charge in [0.2, 0.25) is 5.91 Å². The number of amides is 1. The lowest BCUT2D eigenvalue weighted by Crippen LogP contribution is -2.35. The van der Waals surface area contributed by atoms with E-state index in [9.17, 15) is 9.59 Å². The predicted octanol–water partition coefficient (Wildman–Crippen LogP) is 2.98. The number of nitrogens with one attached hydrogen (secondary N) is 1. The van der Waals surface area contributed by atoms with Crippen molar-refractivity contribution < 1.29 is 14.3 Å². The maximum Gasteiger partial charge on any atom is 0.310 e. The first-order valence-corrected chi connectivity index (χ1v) is 8.21. The van der Waals surface area contributed by atoms with E-state index < -0.39 is 0 Å². The Hall–Kier alpha value is -2.36. The number of benzene rings is 2. The molecule has 4 heteroatoms. The molecule has 0 radical (unpaired) electrons. The summed E-state index contributed by atoms with van der Waals surface area (Å²) in [4.78, 5) is 24.9. The van der Waals surface area contributed by atoms with Gasteiger partial charge in [-0.1, -0.05) is 36.4 Å². The standard InChI is InChI=1S/C19H17NO3/c21-18(16-11-8-13-15(9-11)23-19(22)17(13)16)20-14-7-3-5-10-4-1-2-6-12(10)14/h1-7,11,13,15-17H,8-9H2,(H,20,21)/t11-,13+,15+,16-,17-/m1/s1. The first-order chi connectivity index (χ1) is 11.2. The SMILES string of the molecule is O=C(Nc1cccc2ccccc12)[C@@H]1[C@@H]2C[C@@H]3[C@H]1C(=O)O[C@H]3C2. The molecule has 4 nitrogen and oxygen atoms in total. The van der Waals surface area contributed by atoms with Gasteiger partial charge in [0.05, 0.1) is 11.8 Å². The highest BCUT2D eigenvalue weighted by molar-refractivity contribution is 6.04. The molecule has 1 amide bonds. The summed E-state index contributed by atoms with van der Waals surface area (Å²) >= 11 is 0. The number of carbonyl (C=O) groups is 2. The minimum atomic E-state index is -0.231. The second-order valence-corrected chi connectivity index (χ2v) is 6.94. The molecule has 1 saturated heterocycles. The molecular weight excluding hydrogens is 290 g/mol. The van der Waals surface area contributed by atoms with Gasteiger partial charge in [-0.3, -0.25) is 9.59 Å². The molecule has 0 spiro atoms. The summed E-state index contributed by atoms with van der Waals surface area (Å²) in [5, 5.41) is 5.19. The van der Waals surface area contributed by atoms with E-state index >= 15 is 0 Å². The quantitative estimate of drug-likeness (QED) is 0.868. The van der Waals surface area contributed by atoms with Crippen LogP contribution in [0.1, 0.15) is 12.8 Å². The van der Waals surface area contributed by atoms with Crippen molar-refractivity contribution in [1.29, 1.82) is 0 Å². The van der Waals surface area contributed by atoms with Crippen molar-refractivity contribution in [1.82, 2.24) is 0 Å². The van der Waals surface area contributed by atoms with Gasteiger partial charge in [0.15, 0.2) is 0 Å². The zero-order valence-corrected chi connectivity index (χ0v) is 12.6. The third-order valence-corrected chi connectivity index (χ3v) is 5.83. The molecule has 5 rings (SSSR count). The molecule has 2 saturated carbocycles. The van der Waals surface area contributed by atoms with Gasteiger partial charge in [-0.05, 0) is 30.2 Å². The Bertz CT molecular complexity index is 823. The van der Waals surface area contributed by atoms with Crippen molar-refractivity contribution in [2.24, 2.45) is 23.7 Å². The van der Waals surface area contributed by atoms with Crippen LogP contribution in [0.5, 0.6) is 0 Å². The Morgan fingerprint density at radius 3 is 2.83 bits per heavy atom. The van der Waals surface area contributed by atoms with E-state index in [1.54, 1.807) is 0 Å². The van der Waals surface area contributed by atoms with E-state index in [2.05, 4.69) is 5.32 Å². The van der Waals surface area contributed by atoms with Gasteiger partial charge in [0.25, 0.3) is 0 Å². The van der Waals surface area contributed by atoms with Crippen LogP contribution >= 0.6 is 0 Å². The molecule has 2 aliphatic carbocycles. The summed E-state index contributed by atoms with van der Waals surface area (Å²) in [6.45, 7) is 0. The fraction of sp³-hybridized carbons (Fsp3) is 0.368. The van der Waals surface area contributed by atoms with Crippen LogP contribution in [0, 0.1) is 23.7 Å². The number of fused-ring (bicyclic) bond motifs is 2. The molecule has 1 heterocycles. The molecule has 3 fully saturated rings. The van der Waals surface area contributed by atoms with Crippen LogP contribution in [0.3, 0.4) is 0 Å². The first kappa shape index (κ1) is 13.1. The molecule has 23 heavy (non-hydrogen) atoms. The highest BCUT2D eigenvalue weighted by atomic mass is 16.6. The second-order valence-electron chi connectivity index (χ2n) is 6.94. The Labute approximate surface area is 133 Å². The van der Waals surface area contributed by atoms with Gasteiger partial charge < -0.3 is 10.1 Å². The Kier molecular flexibility index (Phi) is 2.61. The molecule has 0 unspecified atom stereocenters. The molecule has 0 aromatic heterocycles. The van der Waals surface area contributed by atoms with Crippen LogP contribution in [0.25, 0.3) is 10.8 Å². The molecule has 3 aliphatic rings. The average molecular weight is 307 g/mol. The molecule has 5 atom stereocenters. The molecule has 116 valence electrons. The predicted molar refractivity (Wildman–Crippen MR) is 85.7 cm³/mol. The second kappa shape index (κ2) is 4.57. The molecule has 2 aromatic rings. The third kappa shape index (κ3) is 1.78. The summed E-state index contributed by atoms with van der Waals surface area (Å²) in [6, 6.07) is 13.9.